The smallest absolute Gasteiger partial charge is 0.240 e. The highest BCUT2D eigenvalue weighted by molar-refractivity contribution is 8.01. The van der Waals surface area contributed by atoms with Crippen molar-refractivity contribution in [1.29, 1.82) is 0 Å². The molecular weight excluding hydrogens is 356 g/mol. The van der Waals surface area contributed by atoms with E-state index in [1.165, 1.54) is 0 Å². The summed E-state index contributed by atoms with van der Waals surface area (Å²) in [6.07, 6.45) is 1.44. The fraction of sp³-hybridized carbons (Fsp3) is 0.941. The molecule has 4 atom stereocenters. The Morgan fingerprint density at radius 2 is 2.04 bits per heavy atom. The van der Waals surface area contributed by atoms with Gasteiger partial charge in [0, 0.05) is 49.5 Å². The summed E-state index contributed by atoms with van der Waals surface area (Å²) in [5, 5.41) is 14.2. The highest BCUT2D eigenvalue weighted by Gasteiger charge is 2.46. The predicted molar refractivity (Wildman–Crippen MR) is 106 cm³/mol. The maximum Gasteiger partial charge on any atom is 0.240 e. The van der Waals surface area contributed by atoms with Gasteiger partial charge in [0.2, 0.25) is 5.91 Å². The molecule has 3 aliphatic heterocycles. The molecule has 3 heterocycles. The third-order valence-corrected chi connectivity index (χ3v) is 8.00. The second-order valence-electron chi connectivity index (χ2n) is 7.75. The van der Waals surface area contributed by atoms with Crippen molar-refractivity contribution in [3.8, 4) is 0 Å². The van der Waals surface area contributed by atoms with E-state index in [2.05, 4.69) is 10.2 Å². The van der Waals surface area contributed by atoms with Crippen LogP contribution in [0.15, 0.2) is 0 Å². The van der Waals surface area contributed by atoms with Crippen LogP contribution in [-0.4, -0.2) is 87.4 Å². The van der Waals surface area contributed by atoms with Crippen molar-refractivity contribution in [2.24, 2.45) is 11.7 Å². The van der Waals surface area contributed by atoms with Gasteiger partial charge in [-0.1, -0.05) is 13.8 Å². The number of amides is 1. The van der Waals surface area contributed by atoms with E-state index in [4.69, 9.17) is 5.73 Å². The Labute approximate surface area is 159 Å². The van der Waals surface area contributed by atoms with Crippen LogP contribution in [0.2, 0.25) is 0 Å². The second-order valence-corrected chi connectivity index (χ2v) is 10.4. The lowest BCUT2D eigenvalue weighted by Gasteiger charge is -2.44. The number of nitrogens with zero attached hydrogens (tertiary/aromatic N) is 2. The lowest BCUT2D eigenvalue weighted by atomic mass is 9.99. The molecule has 1 amide bonds. The highest BCUT2D eigenvalue weighted by atomic mass is 32.2. The van der Waals surface area contributed by atoms with Crippen LogP contribution in [0.3, 0.4) is 0 Å². The summed E-state index contributed by atoms with van der Waals surface area (Å²) in [6, 6.07) is -0.339. The maximum atomic E-state index is 12.8. The molecule has 3 aliphatic rings. The van der Waals surface area contributed by atoms with Crippen molar-refractivity contribution in [2.75, 3.05) is 43.4 Å². The zero-order chi connectivity index (χ0) is 18.0. The molecule has 144 valence electrons. The number of hydrogen-bond acceptors (Lipinski definition) is 7. The maximum absolute atomic E-state index is 12.8. The van der Waals surface area contributed by atoms with Crippen LogP contribution in [-0.2, 0) is 4.79 Å². The summed E-state index contributed by atoms with van der Waals surface area (Å²) in [5.74, 6) is 3.40. The molecule has 0 aliphatic carbocycles. The number of rotatable bonds is 4. The number of nitrogens with two attached hydrogens (primary N) is 1. The molecule has 6 nitrogen and oxygen atoms in total. The number of carbonyl (C=O) groups is 1. The monoisotopic (exact) mass is 388 g/mol. The Balaban J connectivity index is 1.60. The molecule has 1 spiro atoms. The van der Waals surface area contributed by atoms with E-state index in [9.17, 15) is 9.90 Å². The minimum absolute atomic E-state index is 0.0936. The Morgan fingerprint density at radius 3 is 2.72 bits per heavy atom. The lowest BCUT2D eigenvalue weighted by molar-refractivity contribution is -0.132. The van der Waals surface area contributed by atoms with E-state index in [0.29, 0.717) is 0 Å². The van der Waals surface area contributed by atoms with Crippen LogP contribution in [0.1, 0.15) is 26.7 Å². The van der Waals surface area contributed by atoms with Crippen molar-refractivity contribution < 1.29 is 9.90 Å². The molecule has 4 N–H and O–H groups in total. The first kappa shape index (κ1) is 19.8. The van der Waals surface area contributed by atoms with Crippen molar-refractivity contribution in [2.45, 2.75) is 49.9 Å². The van der Waals surface area contributed by atoms with Crippen LogP contribution in [0.25, 0.3) is 0 Å². The predicted octanol–water partition coefficient (Wildman–Crippen LogP) is 0.361. The van der Waals surface area contributed by atoms with E-state index in [-0.39, 0.29) is 28.8 Å². The average Bonchev–Trinajstić information content (AvgIpc) is 3.03. The molecule has 3 rings (SSSR count). The van der Waals surface area contributed by atoms with Gasteiger partial charge < -0.3 is 15.7 Å². The van der Waals surface area contributed by atoms with Gasteiger partial charge >= 0.3 is 0 Å². The van der Waals surface area contributed by atoms with E-state index >= 15 is 0 Å². The van der Waals surface area contributed by atoms with Gasteiger partial charge in [-0.05, 0) is 18.8 Å². The van der Waals surface area contributed by atoms with Crippen LogP contribution in [0.4, 0.5) is 0 Å². The van der Waals surface area contributed by atoms with Gasteiger partial charge in [0.15, 0.2) is 0 Å². The van der Waals surface area contributed by atoms with E-state index in [0.717, 1.165) is 56.3 Å². The summed E-state index contributed by atoms with van der Waals surface area (Å²) in [4.78, 5) is 16.8. The zero-order valence-corrected chi connectivity index (χ0v) is 17.0. The molecule has 3 fully saturated rings. The lowest BCUT2D eigenvalue weighted by Crippen LogP contribution is -2.61. The first-order valence-corrected chi connectivity index (χ1v) is 11.5. The fourth-order valence-electron chi connectivity index (χ4n) is 3.88. The SMILES string of the molecule is CC(C)[C@H](N)C(O)N1CCCC2(C1)N[C@H](C(=O)N1CCSCC1)CS2. The third-order valence-electron chi connectivity index (χ3n) is 5.56. The number of carbonyl (C=O) groups excluding carboxylic acids is 1. The van der Waals surface area contributed by atoms with Gasteiger partial charge in [-0.3, -0.25) is 15.0 Å². The van der Waals surface area contributed by atoms with Gasteiger partial charge in [0.05, 0.1) is 10.9 Å². The van der Waals surface area contributed by atoms with Crippen molar-refractivity contribution in [3.63, 3.8) is 0 Å². The minimum Gasteiger partial charge on any atom is -0.377 e. The molecule has 0 bridgehead atoms. The van der Waals surface area contributed by atoms with Gasteiger partial charge in [0.25, 0.3) is 0 Å². The van der Waals surface area contributed by atoms with Gasteiger partial charge in [-0.15, -0.1) is 11.8 Å². The van der Waals surface area contributed by atoms with Crippen molar-refractivity contribution >= 4 is 29.4 Å². The number of piperidine rings is 1. The molecular formula is C17H32N4O2S2. The molecule has 0 aromatic rings. The molecule has 0 radical (unpaired) electrons. The Morgan fingerprint density at radius 1 is 1.32 bits per heavy atom. The van der Waals surface area contributed by atoms with E-state index in [1.807, 2.05) is 42.3 Å². The number of aliphatic hydroxyl groups excluding tert-OH is 1. The number of hydrogen-bond donors (Lipinski definition) is 3. The summed E-state index contributed by atoms with van der Waals surface area (Å²) in [5.41, 5.74) is 6.17. The topological polar surface area (TPSA) is 81.8 Å². The quantitative estimate of drug-likeness (QED) is 0.641. The van der Waals surface area contributed by atoms with Crippen LogP contribution in [0, 0.1) is 5.92 Å². The fourth-order valence-corrected chi connectivity index (χ4v) is 6.27. The molecule has 3 saturated heterocycles. The van der Waals surface area contributed by atoms with Crippen LogP contribution in [0.5, 0.6) is 0 Å². The summed E-state index contributed by atoms with van der Waals surface area (Å²) < 4.78 is 0. The van der Waals surface area contributed by atoms with E-state index in [1.54, 1.807) is 0 Å². The highest BCUT2D eigenvalue weighted by Crippen LogP contribution is 2.39. The molecule has 8 heteroatoms. The molecule has 0 saturated carbocycles. The summed E-state index contributed by atoms with van der Waals surface area (Å²) >= 11 is 3.77. The number of nitrogens with one attached hydrogen (secondary N) is 1. The number of thioether (sulfide) groups is 2. The molecule has 25 heavy (non-hydrogen) atoms. The van der Waals surface area contributed by atoms with E-state index < -0.39 is 6.23 Å². The summed E-state index contributed by atoms with van der Waals surface area (Å²) in [7, 11) is 0. The third kappa shape index (κ3) is 4.47. The standard InChI is InChI=1S/C17H32N4O2S2/c1-12(2)14(18)16(23)21-5-3-4-17(11-21)19-13(10-25-17)15(22)20-6-8-24-9-7-20/h12-14,16,19,23H,3-11,18H2,1-2H3/t13-,14-,16?,17?/m0/s1. The van der Waals surface area contributed by atoms with Crippen LogP contribution < -0.4 is 11.1 Å². The van der Waals surface area contributed by atoms with Gasteiger partial charge in [0.1, 0.15) is 6.23 Å². The Bertz CT molecular complexity index is 476. The largest absolute Gasteiger partial charge is 0.377 e. The van der Waals surface area contributed by atoms with Crippen LogP contribution >= 0.6 is 23.5 Å². The number of aliphatic hydroxyl groups is 1. The Kier molecular flexibility index (Phi) is 6.60. The number of likely N-dealkylation sites (tertiary alicyclic amines) is 1. The van der Waals surface area contributed by atoms with Crippen molar-refractivity contribution in [1.82, 2.24) is 15.1 Å². The first-order valence-electron chi connectivity index (χ1n) is 9.38. The molecule has 2 unspecified atom stereocenters. The molecule has 0 aromatic heterocycles. The minimum atomic E-state index is -0.617. The second kappa shape index (κ2) is 8.35. The zero-order valence-electron chi connectivity index (χ0n) is 15.3. The summed E-state index contributed by atoms with van der Waals surface area (Å²) in [6.45, 7) is 7.44. The van der Waals surface area contributed by atoms with Crippen molar-refractivity contribution in [3.05, 3.63) is 0 Å². The van der Waals surface area contributed by atoms with Gasteiger partial charge in [-0.25, -0.2) is 0 Å². The first-order chi connectivity index (χ1) is 11.9. The average molecular weight is 389 g/mol. The molecule has 0 aromatic carbocycles. The van der Waals surface area contributed by atoms with Gasteiger partial charge in [-0.2, -0.15) is 11.8 Å². The normalized spacial score (nSPS) is 33.8. The Hall–Kier alpha value is 0.01000.